The molecule has 0 aromatic rings. The third-order valence-corrected chi connectivity index (χ3v) is 3.84. The zero-order valence-corrected chi connectivity index (χ0v) is 14.5. The Hall–Kier alpha value is -0.540. The van der Waals surface area contributed by atoms with E-state index in [1.807, 2.05) is 13.8 Å². The molecular weight excluding hydrogens is 304 g/mol. The van der Waals surface area contributed by atoms with E-state index in [4.69, 9.17) is 28.4 Å². The Morgan fingerprint density at radius 3 is 2.43 bits per heavy atom. The van der Waals surface area contributed by atoms with Crippen molar-refractivity contribution in [2.75, 3.05) is 20.5 Å². The van der Waals surface area contributed by atoms with Crippen LogP contribution < -0.4 is 0 Å². The number of hydrogen-bond donors (Lipinski definition) is 1. The molecule has 2 rings (SSSR count). The molecule has 0 radical (unpaired) electrons. The van der Waals surface area contributed by atoms with Crippen molar-refractivity contribution in [2.24, 2.45) is 0 Å². The summed E-state index contributed by atoms with van der Waals surface area (Å²) in [5, 5.41) is 10.7. The van der Waals surface area contributed by atoms with E-state index in [2.05, 4.69) is 6.58 Å². The van der Waals surface area contributed by atoms with Crippen LogP contribution in [0.2, 0.25) is 0 Å². The molecule has 2 aliphatic heterocycles. The van der Waals surface area contributed by atoms with E-state index in [-0.39, 0.29) is 12.9 Å². The summed E-state index contributed by atoms with van der Waals surface area (Å²) in [6.07, 6.45) is -1.54. The fraction of sp³-hybridized carbons (Fsp3) is 0.875. The average molecular weight is 332 g/mol. The molecule has 23 heavy (non-hydrogen) atoms. The van der Waals surface area contributed by atoms with Crippen molar-refractivity contribution < 1.29 is 33.5 Å². The Morgan fingerprint density at radius 2 is 1.91 bits per heavy atom. The van der Waals surface area contributed by atoms with E-state index in [9.17, 15) is 5.11 Å². The lowest BCUT2D eigenvalue weighted by Crippen LogP contribution is -2.48. The predicted octanol–water partition coefficient (Wildman–Crippen LogP) is 1.19. The minimum absolute atomic E-state index is 0.0471. The second kappa shape index (κ2) is 7.14. The molecule has 0 bridgehead atoms. The minimum Gasteiger partial charge on any atom is -0.387 e. The van der Waals surface area contributed by atoms with Gasteiger partial charge in [-0.25, -0.2) is 0 Å². The predicted molar refractivity (Wildman–Crippen MR) is 81.7 cm³/mol. The topological polar surface area (TPSA) is 75.6 Å². The highest BCUT2D eigenvalue weighted by Crippen LogP contribution is 2.37. The third-order valence-electron chi connectivity index (χ3n) is 3.84. The molecule has 2 saturated heterocycles. The smallest absolute Gasteiger partial charge is 0.164 e. The van der Waals surface area contributed by atoms with Crippen molar-refractivity contribution in [3.8, 4) is 0 Å². The summed E-state index contributed by atoms with van der Waals surface area (Å²) in [5.74, 6) is -1.51. The van der Waals surface area contributed by atoms with E-state index in [1.54, 1.807) is 13.8 Å². The molecule has 0 aromatic carbocycles. The van der Waals surface area contributed by atoms with E-state index in [0.29, 0.717) is 6.61 Å². The van der Waals surface area contributed by atoms with Crippen molar-refractivity contribution in [2.45, 2.75) is 69.8 Å². The molecule has 0 amide bonds. The molecule has 2 aliphatic rings. The second-order valence-corrected chi connectivity index (χ2v) is 6.70. The van der Waals surface area contributed by atoms with Gasteiger partial charge in [-0.2, -0.15) is 0 Å². The quantitative estimate of drug-likeness (QED) is 0.554. The minimum atomic E-state index is -0.971. The highest BCUT2D eigenvalue weighted by Gasteiger charge is 2.53. The SMILES string of the molecule is C=C[C@H](OCOC)[C@@H](O)[C@H]1OC(C)(C)O[C@@H]1[C@H]1COC(C)(C)O1. The molecule has 0 saturated carbocycles. The van der Waals surface area contributed by atoms with Crippen LogP contribution in [0.15, 0.2) is 12.7 Å². The van der Waals surface area contributed by atoms with Crippen molar-refractivity contribution >= 4 is 0 Å². The zero-order chi connectivity index (χ0) is 17.3. The van der Waals surface area contributed by atoms with Crippen LogP contribution >= 0.6 is 0 Å². The van der Waals surface area contributed by atoms with Crippen LogP contribution in [-0.2, 0) is 28.4 Å². The lowest BCUT2D eigenvalue weighted by Gasteiger charge is -2.29. The first-order valence-electron chi connectivity index (χ1n) is 7.77. The van der Waals surface area contributed by atoms with Gasteiger partial charge in [-0.05, 0) is 27.7 Å². The van der Waals surface area contributed by atoms with Gasteiger partial charge in [-0.1, -0.05) is 6.08 Å². The molecule has 0 spiro atoms. The van der Waals surface area contributed by atoms with E-state index in [0.717, 1.165) is 0 Å². The molecule has 0 unspecified atom stereocenters. The average Bonchev–Trinajstić information content (AvgIpc) is 2.98. The Morgan fingerprint density at radius 1 is 1.22 bits per heavy atom. The Balaban J connectivity index is 2.11. The molecule has 5 atom stereocenters. The Bertz CT molecular complexity index is 409. The number of hydrogen-bond acceptors (Lipinski definition) is 7. The van der Waals surface area contributed by atoms with Gasteiger partial charge < -0.3 is 33.5 Å². The fourth-order valence-electron chi connectivity index (χ4n) is 2.89. The molecule has 0 aromatic heterocycles. The lowest BCUT2D eigenvalue weighted by molar-refractivity contribution is -0.177. The first-order chi connectivity index (χ1) is 10.7. The monoisotopic (exact) mass is 332 g/mol. The summed E-state index contributed by atoms with van der Waals surface area (Å²) in [6, 6.07) is 0. The molecule has 1 N–H and O–H groups in total. The van der Waals surface area contributed by atoms with Crippen molar-refractivity contribution in [1.82, 2.24) is 0 Å². The normalized spacial score (nSPS) is 35.1. The maximum atomic E-state index is 10.7. The number of methoxy groups -OCH3 is 1. The van der Waals surface area contributed by atoms with Crippen molar-refractivity contribution in [1.29, 1.82) is 0 Å². The number of ether oxygens (including phenoxy) is 6. The van der Waals surface area contributed by atoms with Gasteiger partial charge in [0, 0.05) is 7.11 Å². The Kier molecular flexibility index (Phi) is 5.84. The van der Waals surface area contributed by atoms with Gasteiger partial charge in [0.15, 0.2) is 11.6 Å². The largest absolute Gasteiger partial charge is 0.387 e. The summed E-state index contributed by atoms with van der Waals surface area (Å²) in [5.41, 5.74) is 0. The second-order valence-electron chi connectivity index (χ2n) is 6.70. The summed E-state index contributed by atoms with van der Waals surface area (Å²) < 4.78 is 33.6. The maximum Gasteiger partial charge on any atom is 0.164 e. The lowest BCUT2D eigenvalue weighted by atomic mass is 9.99. The van der Waals surface area contributed by atoms with Crippen LogP contribution in [-0.4, -0.2) is 67.7 Å². The van der Waals surface area contributed by atoms with E-state index < -0.39 is 36.0 Å². The first-order valence-corrected chi connectivity index (χ1v) is 7.77. The van der Waals surface area contributed by atoms with Gasteiger partial charge in [0.25, 0.3) is 0 Å². The van der Waals surface area contributed by atoms with Gasteiger partial charge in [-0.3, -0.25) is 0 Å². The van der Waals surface area contributed by atoms with Crippen LogP contribution in [0.4, 0.5) is 0 Å². The van der Waals surface area contributed by atoms with E-state index >= 15 is 0 Å². The van der Waals surface area contributed by atoms with Gasteiger partial charge in [0.05, 0.1) is 6.61 Å². The summed E-state index contributed by atoms with van der Waals surface area (Å²) in [4.78, 5) is 0. The van der Waals surface area contributed by atoms with E-state index in [1.165, 1.54) is 13.2 Å². The molecule has 2 fully saturated rings. The fourth-order valence-corrected chi connectivity index (χ4v) is 2.89. The molecule has 134 valence electrons. The van der Waals surface area contributed by atoms with Gasteiger partial charge >= 0.3 is 0 Å². The summed E-state index contributed by atoms with van der Waals surface area (Å²) >= 11 is 0. The molecular formula is C16H28O7. The molecule has 0 aliphatic carbocycles. The number of aliphatic hydroxyl groups is 1. The number of rotatable bonds is 7. The zero-order valence-electron chi connectivity index (χ0n) is 14.5. The highest BCUT2D eigenvalue weighted by molar-refractivity contribution is 4.99. The summed E-state index contributed by atoms with van der Waals surface area (Å²) in [6.45, 7) is 11.4. The standard InChI is InChI=1S/C16H28O7/c1-7-10(19-9-18-6)12(17)14-13(22-16(4,5)23-14)11-8-20-15(2,3)21-11/h7,10-14,17H,1,8-9H2,2-6H3/t10-,11+,12+,13+,14+/m0/s1. The van der Waals surface area contributed by atoms with Crippen LogP contribution in [0.5, 0.6) is 0 Å². The van der Waals surface area contributed by atoms with Crippen molar-refractivity contribution in [3.63, 3.8) is 0 Å². The number of aliphatic hydroxyl groups excluding tert-OH is 1. The highest BCUT2D eigenvalue weighted by atomic mass is 16.8. The molecule has 7 nitrogen and oxygen atoms in total. The molecule has 7 heteroatoms. The first kappa shape index (κ1) is 18.8. The summed E-state index contributed by atoms with van der Waals surface area (Å²) in [7, 11) is 1.51. The van der Waals surface area contributed by atoms with Crippen LogP contribution in [0.25, 0.3) is 0 Å². The maximum absolute atomic E-state index is 10.7. The van der Waals surface area contributed by atoms with Crippen LogP contribution in [0.1, 0.15) is 27.7 Å². The third kappa shape index (κ3) is 4.51. The van der Waals surface area contributed by atoms with Gasteiger partial charge in [-0.15, -0.1) is 6.58 Å². The van der Waals surface area contributed by atoms with Gasteiger partial charge in [0.1, 0.15) is 37.3 Å². The van der Waals surface area contributed by atoms with Crippen LogP contribution in [0, 0.1) is 0 Å². The van der Waals surface area contributed by atoms with Crippen LogP contribution in [0.3, 0.4) is 0 Å². The van der Waals surface area contributed by atoms with Crippen molar-refractivity contribution in [3.05, 3.63) is 12.7 Å². The van der Waals surface area contributed by atoms with Gasteiger partial charge in [0.2, 0.25) is 0 Å². The Labute approximate surface area is 137 Å². The molecule has 2 heterocycles.